The molecule has 1 fully saturated rings. The number of methoxy groups -OCH3 is 1. The number of nitrogens with one attached hydrogen (secondary N) is 1. The average molecular weight is 385 g/mol. The maximum absolute atomic E-state index is 12.4. The first-order valence-corrected chi connectivity index (χ1v) is 9.95. The number of rotatable bonds is 6. The van der Waals surface area contributed by atoms with Crippen LogP contribution in [0.15, 0.2) is 53.4 Å². The largest absolute Gasteiger partial charge is 0.497 e. The molecule has 2 aromatic rings. The second-order valence-corrected chi connectivity index (χ2v) is 7.92. The van der Waals surface area contributed by atoms with E-state index in [-0.39, 0.29) is 17.1 Å². The molecule has 1 unspecified atom stereocenters. The third-order valence-corrected chi connectivity index (χ3v) is 5.65. The number of hydrogen-bond acceptors (Lipinski definition) is 4. The maximum Gasteiger partial charge on any atom is 0.253 e. The van der Waals surface area contributed by atoms with Gasteiger partial charge in [0.15, 0.2) is 0 Å². The van der Waals surface area contributed by atoms with Crippen molar-refractivity contribution in [1.29, 1.82) is 0 Å². The van der Waals surface area contributed by atoms with Crippen molar-refractivity contribution in [2.75, 3.05) is 25.5 Å². The van der Waals surface area contributed by atoms with Gasteiger partial charge in [0.2, 0.25) is 5.91 Å². The normalized spacial score (nSPS) is 14.7. The molecule has 1 heterocycles. The molecule has 1 atom stereocenters. The van der Waals surface area contributed by atoms with Gasteiger partial charge in [-0.1, -0.05) is 0 Å². The van der Waals surface area contributed by atoms with Crippen molar-refractivity contribution < 1.29 is 14.3 Å². The van der Waals surface area contributed by atoms with E-state index in [1.54, 1.807) is 31.4 Å². The summed E-state index contributed by atoms with van der Waals surface area (Å²) in [6.07, 6.45) is 2.15. The van der Waals surface area contributed by atoms with Crippen LogP contribution in [0, 0.1) is 0 Å². The van der Waals surface area contributed by atoms with Gasteiger partial charge in [0.1, 0.15) is 5.75 Å². The minimum absolute atomic E-state index is 0.0637. The summed E-state index contributed by atoms with van der Waals surface area (Å²) in [5, 5.41) is 2.66. The number of ether oxygens (including phenoxy) is 1. The Labute approximate surface area is 164 Å². The molecular formula is C21H24N2O3S. The molecule has 142 valence electrons. The zero-order valence-electron chi connectivity index (χ0n) is 15.6. The van der Waals surface area contributed by atoms with Gasteiger partial charge in [-0.15, -0.1) is 11.8 Å². The fraction of sp³-hybridized carbons (Fsp3) is 0.333. The molecule has 1 aliphatic heterocycles. The van der Waals surface area contributed by atoms with Crippen LogP contribution in [0.4, 0.5) is 5.69 Å². The van der Waals surface area contributed by atoms with Gasteiger partial charge in [-0.25, -0.2) is 0 Å². The fourth-order valence-electron chi connectivity index (χ4n) is 2.95. The minimum atomic E-state index is -0.246. The Morgan fingerprint density at radius 1 is 1.04 bits per heavy atom. The molecular weight excluding hydrogens is 360 g/mol. The molecule has 0 aliphatic carbocycles. The SMILES string of the molecule is COc1ccc(SC(C)C(=O)Nc2ccc(C(=O)N3CCCC3)cc2)cc1. The molecule has 1 aliphatic rings. The van der Waals surface area contributed by atoms with Gasteiger partial charge in [-0.05, 0) is 68.3 Å². The van der Waals surface area contributed by atoms with Gasteiger partial charge < -0.3 is 15.0 Å². The van der Waals surface area contributed by atoms with Gasteiger partial charge in [-0.2, -0.15) is 0 Å². The molecule has 0 aromatic heterocycles. The van der Waals surface area contributed by atoms with Crippen LogP contribution in [0.25, 0.3) is 0 Å². The van der Waals surface area contributed by atoms with Gasteiger partial charge in [0.25, 0.3) is 5.91 Å². The predicted molar refractivity (Wildman–Crippen MR) is 109 cm³/mol. The predicted octanol–water partition coefficient (Wildman–Crippen LogP) is 4.05. The minimum Gasteiger partial charge on any atom is -0.497 e. The van der Waals surface area contributed by atoms with E-state index in [0.717, 1.165) is 36.6 Å². The van der Waals surface area contributed by atoms with Crippen molar-refractivity contribution in [2.24, 2.45) is 0 Å². The monoisotopic (exact) mass is 384 g/mol. The number of thioether (sulfide) groups is 1. The summed E-state index contributed by atoms with van der Waals surface area (Å²) in [5.41, 5.74) is 1.36. The van der Waals surface area contributed by atoms with Crippen LogP contribution >= 0.6 is 11.8 Å². The summed E-state index contributed by atoms with van der Waals surface area (Å²) in [5.74, 6) is 0.781. The molecule has 2 aromatic carbocycles. The number of benzene rings is 2. The second kappa shape index (κ2) is 8.95. The molecule has 0 saturated carbocycles. The van der Waals surface area contributed by atoms with E-state index in [0.29, 0.717) is 11.3 Å². The van der Waals surface area contributed by atoms with Gasteiger partial charge in [-0.3, -0.25) is 9.59 Å². The van der Waals surface area contributed by atoms with E-state index in [1.807, 2.05) is 36.1 Å². The Morgan fingerprint density at radius 2 is 1.67 bits per heavy atom. The number of hydrogen-bond donors (Lipinski definition) is 1. The lowest BCUT2D eigenvalue weighted by atomic mass is 10.2. The van der Waals surface area contributed by atoms with E-state index in [9.17, 15) is 9.59 Å². The first-order chi connectivity index (χ1) is 13.1. The summed E-state index contributed by atoms with van der Waals surface area (Å²) < 4.78 is 5.14. The third kappa shape index (κ3) is 5.04. The summed E-state index contributed by atoms with van der Waals surface area (Å²) in [4.78, 5) is 27.7. The van der Waals surface area contributed by atoms with E-state index < -0.39 is 0 Å². The molecule has 3 rings (SSSR count). The average Bonchev–Trinajstić information content (AvgIpc) is 3.23. The van der Waals surface area contributed by atoms with Crippen LogP contribution in [0.1, 0.15) is 30.1 Å². The van der Waals surface area contributed by atoms with E-state index in [4.69, 9.17) is 4.74 Å². The highest BCUT2D eigenvalue weighted by Gasteiger charge is 2.19. The Kier molecular flexibility index (Phi) is 6.40. The quantitative estimate of drug-likeness (QED) is 0.764. The Hall–Kier alpha value is -2.47. The first-order valence-electron chi connectivity index (χ1n) is 9.08. The lowest BCUT2D eigenvalue weighted by molar-refractivity contribution is -0.115. The van der Waals surface area contributed by atoms with Crippen molar-refractivity contribution in [3.63, 3.8) is 0 Å². The number of nitrogens with zero attached hydrogens (tertiary/aromatic N) is 1. The highest BCUT2D eigenvalue weighted by atomic mass is 32.2. The summed E-state index contributed by atoms with van der Waals surface area (Å²) in [6, 6.07) is 14.7. The summed E-state index contributed by atoms with van der Waals surface area (Å²) >= 11 is 1.49. The van der Waals surface area contributed by atoms with E-state index in [2.05, 4.69) is 5.32 Å². The number of carbonyl (C=O) groups excluding carboxylic acids is 2. The first kappa shape index (κ1) is 19.3. The number of anilines is 1. The van der Waals surface area contributed by atoms with Crippen molar-refractivity contribution in [3.05, 3.63) is 54.1 Å². The fourth-order valence-corrected chi connectivity index (χ4v) is 3.82. The van der Waals surface area contributed by atoms with Crippen LogP contribution in [0.5, 0.6) is 5.75 Å². The molecule has 27 heavy (non-hydrogen) atoms. The van der Waals surface area contributed by atoms with Crippen LogP contribution in [-0.2, 0) is 4.79 Å². The molecule has 5 nitrogen and oxygen atoms in total. The highest BCUT2D eigenvalue weighted by molar-refractivity contribution is 8.00. The molecule has 0 spiro atoms. The molecule has 1 N–H and O–H groups in total. The zero-order chi connectivity index (χ0) is 19.2. The van der Waals surface area contributed by atoms with Crippen molar-refractivity contribution >= 4 is 29.3 Å². The number of carbonyl (C=O) groups is 2. The van der Waals surface area contributed by atoms with Crippen molar-refractivity contribution in [1.82, 2.24) is 4.90 Å². The van der Waals surface area contributed by atoms with E-state index >= 15 is 0 Å². The molecule has 0 radical (unpaired) electrons. The van der Waals surface area contributed by atoms with Crippen LogP contribution in [-0.4, -0.2) is 42.2 Å². The van der Waals surface area contributed by atoms with Crippen LogP contribution in [0.3, 0.4) is 0 Å². The Balaban J connectivity index is 1.55. The standard InChI is InChI=1S/C21H24N2O3S/c1-15(27-19-11-9-18(26-2)10-12-19)20(24)22-17-7-5-16(6-8-17)21(25)23-13-3-4-14-23/h5-12,15H,3-4,13-14H2,1-2H3,(H,22,24). The number of likely N-dealkylation sites (tertiary alicyclic amines) is 1. The molecule has 1 saturated heterocycles. The van der Waals surface area contributed by atoms with Gasteiger partial charge >= 0.3 is 0 Å². The second-order valence-electron chi connectivity index (χ2n) is 6.50. The number of amides is 2. The van der Waals surface area contributed by atoms with Crippen LogP contribution < -0.4 is 10.1 Å². The Bertz CT molecular complexity index is 784. The maximum atomic E-state index is 12.4. The smallest absolute Gasteiger partial charge is 0.253 e. The van der Waals surface area contributed by atoms with Crippen molar-refractivity contribution in [2.45, 2.75) is 29.9 Å². The van der Waals surface area contributed by atoms with Crippen molar-refractivity contribution in [3.8, 4) is 5.75 Å². The molecule has 2 amide bonds. The summed E-state index contributed by atoms with van der Waals surface area (Å²) in [7, 11) is 1.63. The van der Waals surface area contributed by atoms with Crippen LogP contribution in [0.2, 0.25) is 0 Å². The highest BCUT2D eigenvalue weighted by Crippen LogP contribution is 2.26. The topological polar surface area (TPSA) is 58.6 Å². The summed E-state index contributed by atoms with van der Waals surface area (Å²) in [6.45, 7) is 3.53. The lowest BCUT2D eigenvalue weighted by Crippen LogP contribution is -2.27. The molecule has 0 bridgehead atoms. The van der Waals surface area contributed by atoms with Gasteiger partial charge in [0, 0.05) is 29.2 Å². The van der Waals surface area contributed by atoms with E-state index in [1.165, 1.54) is 11.8 Å². The molecule has 6 heteroatoms. The third-order valence-electron chi connectivity index (χ3n) is 4.53. The Morgan fingerprint density at radius 3 is 2.26 bits per heavy atom. The zero-order valence-corrected chi connectivity index (χ0v) is 16.4. The lowest BCUT2D eigenvalue weighted by Gasteiger charge is -2.16. The van der Waals surface area contributed by atoms with Gasteiger partial charge in [0.05, 0.1) is 12.4 Å².